The number of para-hydroxylation sites is 1. The number of ether oxygens (including phenoxy) is 2. The highest BCUT2D eigenvalue weighted by atomic mass is 16.6. The molecule has 0 fully saturated rings. The molecule has 1 aliphatic heterocycles. The van der Waals surface area contributed by atoms with Crippen LogP contribution in [-0.4, -0.2) is 29.1 Å². The van der Waals surface area contributed by atoms with Crippen molar-refractivity contribution in [2.24, 2.45) is 0 Å². The van der Waals surface area contributed by atoms with Crippen LogP contribution >= 0.6 is 0 Å². The first-order chi connectivity index (χ1) is 15.1. The number of hydrogen-bond donors (Lipinski definition) is 0. The molecule has 2 aromatic carbocycles. The SMILES string of the molecule is CC1=C(C(=O)OC(C)(C)C)[C@H](C[N+](=O)[O-])c2ccccc2N1C(=O)OCc1ccccc1. The largest absolute Gasteiger partial charge is 0.457 e. The lowest BCUT2D eigenvalue weighted by atomic mass is 9.84. The average molecular weight is 438 g/mol. The second-order valence-corrected chi connectivity index (χ2v) is 8.50. The Kier molecular flexibility index (Phi) is 6.62. The first kappa shape index (κ1) is 23.0. The van der Waals surface area contributed by atoms with Gasteiger partial charge in [0.2, 0.25) is 6.54 Å². The topological polar surface area (TPSA) is 99.0 Å². The summed E-state index contributed by atoms with van der Waals surface area (Å²) in [5.41, 5.74) is 1.27. The van der Waals surface area contributed by atoms with E-state index in [1.54, 1.807) is 52.0 Å². The Bertz CT molecular complexity index is 1060. The number of carbonyl (C=O) groups is 2. The molecule has 32 heavy (non-hydrogen) atoms. The number of fused-ring (bicyclic) bond motifs is 1. The lowest BCUT2D eigenvalue weighted by Gasteiger charge is -2.35. The number of anilines is 1. The molecule has 0 saturated heterocycles. The summed E-state index contributed by atoms with van der Waals surface area (Å²) in [6.07, 6.45) is -0.681. The highest BCUT2D eigenvalue weighted by molar-refractivity contribution is 6.01. The van der Waals surface area contributed by atoms with Gasteiger partial charge in [-0.3, -0.25) is 10.1 Å². The molecule has 1 aliphatic rings. The summed E-state index contributed by atoms with van der Waals surface area (Å²) in [7, 11) is 0. The van der Waals surface area contributed by atoms with Crippen LogP contribution < -0.4 is 4.90 Å². The van der Waals surface area contributed by atoms with Crippen LogP contribution in [0.5, 0.6) is 0 Å². The van der Waals surface area contributed by atoms with Gasteiger partial charge in [0.25, 0.3) is 0 Å². The lowest BCUT2D eigenvalue weighted by Crippen LogP contribution is -2.39. The molecule has 2 aromatic rings. The Balaban J connectivity index is 2.04. The number of rotatable bonds is 5. The van der Waals surface area contributed by atoms with Crippen molar-refractivity contribution in [3.05, 3.63) is 87.1 Å². The molecule has 3 rings (SSSR count). The first-order valence-corrected chi connectivity index (χ1v) is 10.2. The second-order valence-electron chi connectivity index (χ2n) is 8.50. The van der Waals surface area contributed by atoms with E-state index in [4.69, 9.17) is 9.47 Å². The number of benzene rings is 2. The number of allylic oxidation sites excluding steroid dienone is 1. The summed E-state index contributed by atoms with van der Waals surface area (Å²) in [5.74, 6) is -1.55. The predicted molar refractivity (Wildman–Crippen MR) is 119 cm³/mol. The summed E-state index contributed by atoms with van der Waals surface area (Å²) in [4.78, 5) is 38.5. The third-order valence-corrected chi connectivity index (χ3v) is 4.96. The van der Waals surface area contributed by atoms with Crippen LogP contribution in [0.4, 0.5) is 10.5 Å². The Hall–Kier alpha value is -3.68. The van der Waals surface area contributed by atoms with Crippen molar-refractivity contribution in [3.63, 3.8) is 0 Å². The minimum absolute atomic E-state index is 0.0473. The number of amides is 1. The summed E-state index contributed by atoms with van der Waals surface area (Å²) in [6, 6.07) is 16.0. The highest BCUT2D eigenvalue weighted by Gasteiger charge is 2.41. The van der Waals surface area contributed by atoms with Crippen LogP contribution in [0.15, 0.2) is 65.9 Å². The highest BCUT2D eigenvalue weighted by Crippen LogP contribution is 2.42. The van der Waals surface area contributed by atoms with Gasteiger partial charge in [0.15, 0.2) is 0 Å². The van der Waals surface area contributed by atoms with E-state index in [9.17, 15) is 19.7 Å². The van der Waals surface area contributed by atoms with Crippen molar-refractivity contribution in [3.8, 4) is 0 Å². The van der Waals surface area contributed by atoms with Gasteiger partial charge in [-0.25, -0.2) is 14.5 Å². The minimum atomic E-state index is -0.853. The van der Waals surface area contributed by atoms with Gasteiger partial charge in [-0.1, -0.05) is 48.5 Å². The number of carbonyl (C=O) groups excluding carboxylic acids is 2. The molecule has 8 nitrogen and oxygen atoms in total. The molecule has 1 heterocycles. The third kappa shape index (κ3) is 5.14. The standard InChI is InChI=1S/C24H26N2O6/c1-16-21(22(27)32-24(2,3)4)19(14-25(29)30)18-12-8-9-13-20(18)26(16)23(28)31-15-17-10-6-5-7-11-17/h5-13,19H,14-15H2,1-4H3/t19-/m1/s1. The van der Waals surface area contributed by atoms with Gasteiger partial charge in [-0.2, -0.15) is 0 Å². The molecular formula is C24H26N2O6. The fourth-order valence-corrected chi connectivity index (χ4v) is 3.68. The summed E-state index contributed by atoms with van der Waals surface area (Å²) < 4.78 is 11.0. The molecule has 168 valence electrons. The van der Waals surface area contributed by atoms with Crippen molar-refractivity contribution < 1.29 is 24.0 Å². The summed E-state index contributed by atoms with van der Waals surface area (Å²) in [5, 5.41) is 11.4. The van der Waals surface area contributed by atoms with Gasteiger partial charge < -0.3 is 9.47 Å². The van der Waals surface area contributed by atoms with Gasteiger partial charge in [-0.05, 0) is 44.9 Å². The van der Waals surface area contributed by atoms with Gasteiger partial charge >= 0.3 is 12.1 Å². The molecule has 0 bridgehead atoms. The molecule has 0 aliphatic carbocycles. The normalized spacial score (nSPS) is 15.8. The summed E-state index contributed by atoms with van der Waals surface area (Å²) >= 11 is 0. The Morgan fingerprint density at radius 1 is 1.06 bits per heavy atom. The first-order valence-electron chi connectivity index (χ1n) is 10.2. The molecule has 1 atom stereocenters. The third-order valence-electron chi connectivity index (χ3n) is 4.96. The van der Waals surface area contributed by atoms with E-state index < -0.39 is 35.0 Å². The summed E-state index contributed by atoms with van der Waals surface area (Å²) in [6.45, 7) is 6.26. The Morgan fingerprint density at radius 3 is 2.31 bits per heavy atom. The van der Waals surface area contributed by atoms with Crippen molar-refractivity contribution in [1.29, 1.82) is 0 Å². The molecule has 0 N–H and O–H groups in total. The number of hydrogen-bond acceptors (Lipinski definition) is 6. The van der Waals surface area contributed by atoms with Crippen LogP contribution in [0.25, 0.3) is 0 Å². The maximum atomic E-state index is 13.1. The van der Waals surface area contributed by atoms with Gasteiger partial charge in [0.05, 0.1) is 17.2 Å². The van der Waals surface area contributed by atoms with Crippen molar-refractivity contribution in [2.75, 3.05) is 11.4 Å². The van der Waals surface area contributed by atoms with E-state index in [-0.39, 0.29) is 17.9 Å². The van der Waals surface area contributed by atoms with E-state index in [1.807, 2.05) is 30.3 Å². The number of nitro groups is 1. The minimum Gasteiger partial charge on any atom is -0.457 e. The van der Waals surface area contributed by atoms with Crippen molar-refractivity contribution in [1.82, 2.24) is 0 Å². The molecular weight excluding hydrogens is 412 g/mol. The van der Waals surface area contributed by atoms with Crippen LogP contribution in [0.3, 0.4) is 0 Å². The maximum absolute atomic E-state index is 13.1. The van der Waals surface area contributed by atoms with Crippen LogP contribution in [0.1, 0.15) is 44.7 Å². The average Bonchev–Trinajstić information content (AvgIpc) is 2.71. The zero-order valence-corrected chi connectivity index (χ0v) is 18.5. The van der Waals surface area contributed by atoms with Gasteiger partial charge in [0, 0.05) is 10.6 Å². The van der Waals surface area contributed by atoms with Crippen molar-refractivity contribution in [2.45, 2.75) is 45.8 Å². The molecule has 1 amide bonds. The molecule has 0 unspecified atom stereocenters. The van der Waals surface area contributed by atoms with E-state index in [0.29, 0.717) is 11.3 Å². The molecule has 0 radical (unpaired) electrons. The maximum Gasteiger partial charge on any atom is 0.419 e. The van der Waals surface area contributed by atoms with E-state index in [0.717, 1.165) is 5.56 Å². The predicted octanol–water partition coefficient (Wildman–Crippen LogP) is 4.82. The number of nitrogens with zero attached hydrogens (tertiary/aromatic N) is 2. The Morgan fingerprint density at radius 2 is 1.69 bits per heavy atom. The van der Waals surface area contributed by atoms with E-state index in [1.165, 1.54) is 4.90 Å². The fourth-order valence-electron chi connectivity index (χ4n) is 3.68. The van der Waals surface area contributed by atoms with Gasteiger partial charge in [0.1, 0.15) is 12.2 Å². The van der Waals surface area contributed by atoms with E-state index >= 15 is 0 Å². The van der Waals surface area contributed by atoms with Crippen LogP contribution in [-0.2, 0) is 20.9 Å². The lowest BCUT2D eigenvalue weighted by molar-refractivity contribution is -0.482. The van der Waals surface area contributed by atoms with Crippen LogP contribution in [0, 0.1) is 10.1 Å². The fraction of sp³-hybridized carbons (Fsp3) is 0.333. The van der Waals surface area contributed by atoms with Crippen LogP contribution in [0.2, 0.25) is 0 Å². The smallest absolute Gasteiger partial charge is 0.419 e. The molecule has 8 heteroatoms. The number of esters is 1. The zero-order valence-electron chi connectivity index (χ0n) is 18.5. The zero-order chi connectivity index (χ0) is 23.5. The monoisotopic (exact) mass is 438 g/mol. The molecule has 0 saturated carbocycles. The second kappa shape index (κ2) is 9.21. The molecule has 0 aromatic heterocycles. The van der Waals surface area contributed by atoms with E-state index in [2.05, 4.69) is 0 Å². The molecule has 0 spiro atoms. The van der Waals surface area contributed by atoms with Crippen molar-refractivity contribution >= 4 is 17.7 Å². The Labute approximate surface area is 186 Å². The van der Waals surface area contributed by atoms with Gasteiger partial charge in [-0.15, -0.1) is 0 Å². The quantitative estimate of drug-likeness (QED) is 0.377.